The maximum absolute atomic E-state index is 14.1. The Bertz CT molecular complexity index is 1560. The van der Waals surface area contributed by atoms with Crippen LogP contribution in [0.15, 0.2) is 77.3 Å². The summed E-state index contributed by atoms with van der Waals surface area (Å²) < 4.78 is 38.5. The van der Waals surface area contributed by atoms with Crippen LogP contribution in [0, 0.1) is 0 Å². The zero-order chi connectivity index (χ0) is 31.1. The predicted octanol–water partition coefficient (Wildman–Crippen LogP) is 5.42. The van der Waals surface area contributed by atoms with Crippen molar-refractivity contribution in [2.45, 2.75) is 63.6 Å². The highest BCUT2D eigenvalue weighted by Gasteiger charge is 2.32. The van der Waals surface area contributed by atoms with Gasteiger partial charge in [0.1, 0.15) is 6.04 Å². The molecule has 0 bridgehead atoms. The second-order valence-corrected chi connectivity index (χ2v) is 14.1. The molecule has 9 nitrogen and oxygen atoms in total. The second kappa shape index (κ2) is 14.5. The van der Waals surface area contributed by atoms with Crippen LogP contribution >= 0.6 is 15.9 Å². The number of ether oxygens (including phenoxy) is 2. The third kappa shape index (κ3) is 8.32. The van der Waals surface area contributed by atoms with E-state index in [1.807, 2.05) is 54.6 Å². The monoisotopic (exact) mass is 683 g/mol. The molecule has 0 saturated heterocycles. The number of amides is 2. The van der Waals surface area contributed by atoms with E-state index >= 15 is 0 Å². The Labute approximate surface area is 267 Å². The Balaban J connectivity index is 1.38. The Morgan fingerprint density at radius 3 is 2.41 bits per heavy atom. The summed E-state index contributed by atoms with van der Waals surface area (Å²) in [4.78, 5) is 29.6. The van der Waals surface area contributed by atoms with Gasteiger partial charge in [-0.3, -0.25) is 13.9 Å². The zero-order valence-corrected chi connectivity index (χ0v) is 27.2. The lowest BCUT2D eigenvalue weighted by molar-refractivity contribution is -0.141. The van der Waals surface area contributed by atoms with Gasteiger partial charge in [0.2, 0.25) is 28.6 Å². The van der Waals surface area contributed by atoms with Crippen LogP contribution in [0.25, 0.3) is 0 Å². The molecule has 2 amide bonds. The maximum Gasteiger partial charge on any atom is 0.243 e. The van der Waals surface area contributed by atoms with E-state index in [0.29, 0.717) is 23.6 Å². The van der Waals surface area contributed by atoms with Crippen molar-refractivity contribution in [1.29, 1.82) is 0 Å². The summed E-state index contributed by atoms with van der Waals surface area (Å²) in [7, 11) is -3.65. The number of hydrogen-bond acceptors (Lipinski definition) is 6. The number of benzene rings is 3. The molecule has 1 fully saturated rings. The number of carbonyl (C=O) groups is 2. The summed E-state index contributed by atoms with van der Waals surface area (Å²) in [5.74, 6) is 0.652. The fourth-order valence-corrected chi connectivity index (χ4v) is 7.20. The van der Waals surface area contributed by atoms with Crippen molar-refractivity contribution in [3.63, 3.8) is 0 Å². The van der Waals surface area contributed by atoms with Crippen molar-refractivity contribution >= 4 is 43.5 Å². The first-order chi connectivity index (χ1) is 21.2. The average molecular weight is 685 g/mol. The van der Waals surface area contributed by atoms with Gasteiger partial charge < -0.3 is 19.7 Å². The van der Waals surface area contributed by atoms with Crippen LogP contribution in [0.4, 0.5) is 5.69 Å². The molecular formula is C33H38BrN3O6S. The number of nitrogens with one attached hydrogen (secondary N) is 1. The fourth-order valence-electron chi connectivity index (χ4n) is 5.80. The number of rotatable bonds is 13. The van der Waals surface area contributed by atoms with Gasteiger partial charge in [0.25, 0.3) is 0 Å². The van der Waals surface area contributed by atoms with Crippen LogP contribution in [-0.2, 0) is 32.6 Å². The molecule has 0 unspecified atom stereocenters. The SMILES string of the molecule is CS(=O)(=O)N(CCCC(=O)N(Cc1cccc(Br)c1)[C@@H](Cc1ccccc1)C(=O)NC1CCCC1)c1ccc2c(c1)OCO2. The van der Waals surface area contributed by atoms with Crippen molar-refractivity contribution in [2.75, 3.05) is 23.9 Å². The molecule has 0 radical (unpaired) electrons. The van der Waals surface area contributed by atoms with Crippen molar-refractivity contribution in [3.8, 4) is 11.5 Å². The summed E-state index contributed by atoms with van der Waals surface area (Å²) >= 11 is 3.52. The number of carbonyl (C=O) groups excluding carboxylic acids is 2. The lowest BCUT2D eigenvalue weighted by atomic mass is 10.0. The minimum absolute atomic E-state index is 0.0621. The molecule has 0 spiro atoms. The summed E-state index contributed by atoms with van der Waals surface area (Å²) in [6.07, 6.45) is 5.86. The van der Waals surface area contributed by atoms with Crippen LogP contribution in [0.2, 0.25) is 0 Å². The minimum atomic E-state index is -3.65. The molecule has 3 aromatic rings. The van der Waals surface area contributed by atoms with E-state index < -0.39 is 16.1 Å². The zero-order valence-electron chi connectivity index (χ0n) is 24.8. The molecule has 1 atom stereocenters. The summed E-state index contributed by atoms with van der Waals surface area (Å²) in [5.41, 5.74) is 2.28. The molecule has 1 aliphatic heterocycles. The van der Waals surface area contributed by atoms with E-state index in [0.717, 1.165) is 47.5 Å². The first kappa shape index (κ1) is 31.8. The van der Waals surface area contributed by atoms with E-state index in [2.05, 4.69) is 21.2 Å². The molecule has 0 aromatic heterocycles. The first-order valence-corrected chi connectivity index (χ1v) is 17.6. The predicted molar refractivity (Wildman–Crippen MR) is 173 cm³/mol. The molecule has 1 N–H and O–H groups in total. The number of sulfonamides is 1. The Hall–Kier alpha value is -3.57. The average Bonchev–Trinajstić information content (AvgIpc) is 3.69. The number of nitrogens with zero attached hydrogens (tertiary/aromatic N) is 2. The van der Waals surface area contributed by atoms with Gasteiger partial charge >= 0.3 is 0 Å². The lowest BCUT2D eigenvalue weighted by Crippen LogP contribution is -2.52. The highest BCUT2D eigenvalue weighted by molar-refractivity contribution is 9.10. The number of hydrogen-bond donors (Lipinski definition) is 1. The standard InChI is InChI=1S/C33H38BrN3O6S/c1-44(40,41)37(28-16-17-30-31(21-28)43-23-42-30)18-8-15-32(38)36(22-25-11-7-12-26(34)19-25)29(20-24-9-3-2-4-10-24)33(39)35-27-13-5-6-14-27/h2-4,7,9-12,16-17,19,21,27,29H,5-6,8,13-15,18,20,22-23H2,1H3,(H,35,39)/t29-/m0/s1. The van der Waals surface area contributed by atoms with E-state index in [-0.39, 0.29) is 50.6 Å². The van der Waals surface area contributed by atoms with Crippen LogP contribution < -0.4 is 19.1 Å². The molecule has 11 heteroatoms. The molecule has 5 rings (SSSR count). The van der Waals surface area contributed by atoms with Gasteiger partial charge in [-0.15, -0.1) is 0 Å². The smallest absolute Gasteiger partial charge is 0.243 e. The van der Waals surface area contributed by atoms with Gasteiger partial charge in [0.05, 0.1) is 11.9 Å². The van der Waals surface area contributed by atoms with Gasteiger partial charge in [-0.05, 0) is 54.7 Å². The molecular weight excluding hydrogens is 646 g/mol. The van der Waals surface area contributed by atoms with Crippen LogP contribution in [-0.4, -0.2) is 56.8 Å². The topological polar surface area (TPSA) is 105 Å². The van der Waals surface area contributed by atoms with E-state index in [9.17, 15) is 18.0 Å². The summed E-state index contributed by atoms with van der Waals surface area (Å²) in [5, 5.41) is 3.22. The van der Waals surface area contributed by atoms with Gasteiger partial charge in [-0.1, -0.05) is 71.2 Å². The second-order valence-electron chi connectivity index (χ2n) is 11.3. The largest absolute Gasteiger partial charge is 0.454 e. The third-order valence-electron chi connectivity index (χ3n) is 8.01. The molecule has 3 aromatic carbocycles. The van der Waals surface area contributed by atoms with Gasteiger partial charge in [0.15, 0.2) is 11.5 Å². The summed E-state index contributed by atoms with van der Waals surface area (Å²) in [6.45, 7) is 0.414. The molecule has 1 heterocycles. The Morgan fingerprint density at radius 1 is 0.955 bits per heavy atom. The fraction of sp³-hybridized carbons (Fsp3) is 0.394. The van der Waals surface area contributed by atoms with Crippen molar-refractivity contribution in [3.05, 3.63) is 88.4 Å². The highest BCUT2D eigenvalue weighted by Crippen LogP contribution is 2.36. The Kier molecular flexibility index (Phi) is 10.5. The molecule has 44 heavy (non-hydrogen) atoms. The van der Waals surface area contributed by atoms with Gasteiger partial charge in [-0.25, -0.2) is 8.42 Å². The quantitative estimate of drug-likeness (QED) is 0.258. The van der Waals surface area contributed by atoms with Crippen molar-refractivity contribution < 1.29 is 27.5 Å². The van der Waals surface area contributed by atoms with Gasteiger partial charge in [-0.2, -0.15) is 0 Å². The number of fused-ring (bicyclic) bond motifs is 1. The lowest BCUT2D eigenvalue weighted by Gasteiger charge is -2.33. The highest BCUT2D eigenvalue weighted by atomic mass is 79.9. The first-order valence-electron chi connectivity index (χ1n) is 14.9. The maximum atomic E-state index is 14.1. The van der Waals surface area contributed by atoms with Gasteiger partial charge in [0, 0.05) is 42.5 Å². The normalized spacial score (nSPS) is 15.1. The van der Waals surface area contributed by atoms with Crippen molar-refractivity contribution in [2.24, 2.45) is 0 Å². The molecule has 1 saturated carbocycles. The number of anilines is 1. The molecule has 2 aliphatic rings. The Morgan fingerprint density at radius 2 is 1.68 bits per heavy atom. The molecule has 1 aliphatic carbocycles. The van der Waals surface area contributed by atoms with Crippen molar-refractivity contribution in [1.82, 2.24) is 10.2 Å². The third-order valence-corrected chi connectivity index (χ3v) is 9.70. The van der Waals surface area contributed by atoms with E-state index in [1.54, 1.807) is 23.1 Å². The van der Waals surface area contributed by atoms with E-state index in [4.69, 9.17) is 9.47 Å². The number of halogens is 1. The molecule has 234 valence electrons. The van der Waals surface area contributed by atoms with Crippen LogP contribution in [0.1, 0.15) is 49.7 Å². The minimum Gasteiger partial charge on any atom is -0.454 e. The summed E-state index contributed by atoms with van der Waals surface area (Å²) in [6, 6.07) is 21.8. The van der Waals surface area contributed by atoms with Crippen LogP contribution in [0.5, 0.6) is 11.5 Å². The van der Waals surface area contributed by atoms with Crippen LogP contribution in [0.3, 0.4) is 0 Å². The van der Waals surface area contributed by atoms with E-state index in [1.165, 1.54) is 4.31 Å².